The first-order valence-corrected chi connectivity index (χ1v) is 7.29. The molecule has 0 aromatic rings. The van der Waals surface area contributed by atoms with Crippen LogP contribution in [-0.2, 0) is 0 Å². The van der Waals surface area contributed by atoms with Crippen molar-refractivity contribution in [2.24, 2.45) is 11.7 Å². The first-order chi connectivity index (χ1) is 7.86. The monoisotopic (exact) mass is 226 g/mol. The van der Waals surface area contributed by atoms with Crippen molar-refractivity contribution in [2.75, 3.05) is 26.2 Å². The van der Waals surface area contributed by atoms with Crippen molar-refractivity contribution in [1.29, 1.82) is 0 Å². The van der Waals surface area contributed by atoms with Gasteiger partial charge in [-0.25, -0.2) is 0 Å². The Morgan fingerprint density at radius 1 is 1.06 bits per heavy atom. The van der Waals surface area contributed by atoms with Crippen LogP contribution in [0.1, 0.15) is 58.3 Å². The second-order valence-electron chi connectivity index (χ2n) is 5.25. The molecule has 0 radical (unpaired) electrons. The molecule has 1 rings (SSSR count). The zero-order chi connectivity index (χ0) is 11.6. The first kappa shape index (κ1) is 14.0. The van der Waals surface area contributed by atoms with Crippen molar-refractivity contribution >= 4 is 0 Å². The van der Waals surface area contributed by atoms with Crippen molar-refractivity contribution in [3.8, 4) is 0 Å². The van der Waals surface area contributed by atoms with E-state index >= 15 is 0 Å². The molecular formula is C14H30N2. The summed E-state index contributed by atoms with van der Waals surface area (Å²) in [5.74, 6) is 1.03. The second-order valence-corrected chi connectivity index (χ2v) is 5.25. The van der Waals surface area contributed by atoms with Gasteiger partial charge in [-0.2, -0.15) is 0 Å². The highest BCUT2D eigenvalue weighted by Gasteiger charge is 2.19. The van der Waals surface area contributed by atoms with E-state index in [2.05, 4.69) is 11.8 Å². The third-order valence-electron chi connectivity index (χ3n) is 3.87. The average molecular weight is 226 g/mol. The number of unbranched alkanes of at least 4 members (excludes halogenated alkanes) is 4. The first-order valence-electron chi connectivity index (χ1n) is 7.29. The standard InChI is InChI=1S/C14H30N2/c1-2-16(13-14-9-8-10-14)12-7-5-3-4-6-11-15/h14H,2-13,15H2,1H3. The van der Waals surface area contributed by atoms with Crippen LogP contribution in [0.5, 0.6) is 0 Å². The van der Waals surface area contributed by atoms with Gasteiger partial charge in [0.1, 0.15) is 0 Å². The highest BCUT2D eigenvalue weighted by molar-refractivity contribution is 4.73. The summed E-state index contributed by atoms with van der Waals surface area (Å²) in [6.45, 7) is 7.07. The maximum atomic E-state index is 5.48. The zero-order valence-corrected chi connectivity index (χ0v) is 11.1. The van der Waals surface area contributed by atoms with Crippen LogP contribution < -0.4 is 5.73 Å². The molecule has 0 aromatic carbocycles. The molecule has 0 aliphatic heterocycles. The van der Waals surface area contributed by atoms with Crippen LogP contribution >= 0.6 is 0 Å². The molecule has 0 heterocycles. The van der Waals surface area contributed by atoms with Gasteiger partial charge in [-0.05, 0) is 51.2 Å². The highest BCUT2D eigenvalue weighted by atomic mass is 15.1. The van der Waals surface area contributed by atoms with Crippen molar-refractivity contribution < 1.29 is 0 Å². The Balaban J connectivity index is 1.91. The largest absolute Gasteiger partial charge is 0.330 e. The summed E-state index contributed by atoms with van der Waals surface area (Å²) in [5, 5.41) is 0. The van der Waals surface area contributed by atoms with Gasteiger partial charge in [0.05, 0.1) is 0 Å². The molecule has 0 saturated heterocycles. The summed E-state index contributed by atoms with van der Waals surface area (Å²) < 4.78 is 0. The molecule has 2 heteroatoms. The van der Waals surface area contributed by atoms with Crippen molar-refractivity contribution in [3.63, 3.8) is 0 Å². The SMILES string of the molecule is CCN(CCCCCCCN)CC1CCC1. The number of hydrogen-bond donors (Lipinski definition) is 1. The van der Waals surface area contributed by atoms with E-state index in [1.165, 1.54) is 71.0 Å². The molecule has 1 fully saturated rings. The van der Waals surface area contributed by atoms with Crippen molar-refractivity contribution in [3.05, 3.63) is 0 Å². The maximum Gasteiger partial charge on any atom is 0.000954 e. The predicted octanol–water partition coefficient (Wildman–Crippen LogP) is 3.02. The lowest BCUT2D eigenvalue weighted by Crippen LogP contribution is -2.33. The fourth-order valence-corrected chi connectivity index (χ4v) is 2.43. The number of hydrogen-bond acceptors (Lipinski definition) is 2. The van der Waals surface area contributed by atoms with E-state index in [9.17, 15) is 0 Å². The second kappa shape index (κ2) is 9.00. The van der Waals surface area contributed by atoms with Gasteiger partial charge in [-0.1, -0.05) is 32.6 Å². The van der Waals surface area contributed by atoms with Crippen LogP contribution in [0.4, 0.5) is 0 Å². The topological polar surface area (TPSA) is 29.3 Å². The summed E-state index contributed by atoms with van der Waals surface area (Å²) in [7, 11) is 0. The molecule has 0 spiro atoms. The van der Waals surface area contributed by atoms with Crippen LogP contribution in [0.3, 0.4) is 0 Å². The third-order valence-corrected chi connectivity index (χ3v) is 3.87. The van der Waals surface area contributed by atoms with E-state index in [0.717, 1.165) is 12.5 Å². The van der Waals surface area contributed by atoms with Gasteiger partial charge in [-0.15, -0.1) is 0 Å². The van der Waals surface area contributed by atoms with Gasteiger partial charge >= 0.3 is 0 Å². The van der Waals surface area contributed by atoms with E-state index in [0.29, 0.717) is 0 Å². The van der Waals surface area contributed by atoms with Gasteiger partial charge < -0.3 is 10.6 Å². The molecule has 2 N–H and O–H groups in total. The quantitative estimate of drug-likeness (QED) is 0.580. The van der Waals surface area contributed by atoms with Crippen molar-refractivity contribution in [2.45, 2.75) is 58.3 Å². The molecule has 1 saturated carbocycles. The fraction of sp³-hybridized carbons (Fsp3) is 1.00. The van der Waals surface area contributed by atoms with Gasteiger partial charge in [0, 0.05) is 6.54 Å². The highest BCUT2D eigenvalue weighted by Crippen LogP contribution is 2.27. The fourth-order valence-electron chi connectivity index (χ4n) is 2.43. The molecule has 0 amide bonds. The summed E-state index contributed by atoms with van der Waals surface area (Å²) in [6, 6.07) is 0. The number of nitrogens with zero attached hydrogens (tertiary/aromatic N) is 1. The third kappa shape index (κ3) is 5.86. The Morgan fingerprint density at radius 2 is 1.75 bits per heavy atom. The maximum absolute atomic E-state index is 5.48. The van der Waals surface area contributed by atoms with Crippen LogP contribution in [0, 0.1) is 5.92 Å². The number of rotatable bonds is 10. The predicted molar refractivity (Wildman–Crippen MR) is 71.6 cm³/mol. The molecule has 2 nitrogen and oxygen atoms in total. The summed E-state index contributed by atoms with van der Waals surface area (Å²) >= 11 is 0. The Labute approximate surface area is 102 Å². The van der Waals surface area contributed by atoms with Gasteiger partial charge in [0.25, 0.3) is 0 Å². The van der Waals surface area contributed by atoms with Crippen molar-refractivity contribution in [1.82, 2.24) is 4.90 Å². The molecule has 16 heavy (non-hydrogen) atoms. The molecule has 96 valence electrons. The van der Waals surface area contributed by atoms with Crippen LogP contribution in [0.15, 0.2) is 0 Å². The Kier molecular flexibility index (Phi) is 7.87. The zero-order valence-electron chi connectivity index (χ0n) is 11.1. The van der Waals surface area contributed by atoms with E-state index in [1.54, 1.807) is 0 Å². The summed E-state index contributed by atoms with van der Waals surface area (Å²) in [4.78, 5) is 2.65. The lowest BCUT2D eigenvalue weighted by atomic mass is 9.85. The van der Waals surface area contributed by atoms with Gasteiger partial charge in [-0.3, -0.25) is 0 Å². The smallest absolute Gasteiger partial charge is 0.000954 e. The minimum absolute atomic E-state index is 0.864. The Morgan fingerprint density at radius 3 is 2.31 bits per heavy atom. The van der Waals surface area contributed by atoms with E-state index in [1.807, 2.05) is 0 Å². The molecule has 0 unspecified atom stereocenters. The Hall–Kier alpha value is -0.0800. The molecule has 0 aromatic heterocycles. The summed E-state index contributed by atoms with van der Waals surface area (Å²) in [6.07, 6.45) is 11.1. The van der Waals surface area contributed by atoms with Gasteiger partial charge in [0.15, 0.2) is 0 Å². The molecule has 1 aliphatic rings. The summed E-state index contributed by atoms with van der Waals surface area (Å²) in [5.41, 5.74) is 5.48. The van der Waals surface area contributed by atoms with Crippen LogP contribution in [-0.4, -0.2) is 31.1 Å². The van der Waals surface area contributed by atoms with Crippen LogP contribution in [0.2, 0.25) is 0 Å². The molecule has 1 aliphatic carbocycles. The minimum Gasteiger partial charge on any atom is -0.330 e. The number of nitrogens with two attached hydrogens (primary N) is 1. The van der Waals surface area contributed by atoms with E-state index < -0.39 is 0 Å². The molecule has 0 bridgehead atoms. The van der Waals surface area contributed by atoms with E-state index in [4.69, 9.17) is 5.73 Å². The lowest BCUT2D eigenvalue weighted by molar-refractivity contribution is 0.181. The molecular weight excluding hydrogens is 196 g/mol. The van der Waals surface area contributed by atoms with Gasteiger partial charge in [0.2, 0.25) is 0 Å². The Bertz CT molecular complexity index is 155. The van der Waals surface area contributed by atoms with E-state index in [-0.39, 0.29) is 0 Å². The lowest BCUT2D eigenvalue weighted by Gasteiger charge is -2.31. The minimum atomic E-state index is 0.864. The average Bonchev–Trinajstić information content (AvgIpc) is 2.25. The normalized spacial score (nSPS) is 16.7. The van der Waals surface area contributed by atoms with Crippen LogP contribution in [0.25, 0.3) is 0 Å². The molecule has 0 atom stereocenters.